The normalized spacial score (nSPS) is 16.3. The lowest BCUT2D eigenvalue weighted by Crippen LogP contribution is -2.64. The summed E-state index contributed by atoms with van der Waals surface area (Å²) in [7, 11) is 0. The van der Waals surface area contributed by atoms with Gasteiger partial charge in [-0.25, -0.2) is 9.97 Å². The fraction of sp³-hybridized carbons (Fsp3) is 0.222. The quantitative estimate of drug-likeness (QED) is 0.133. The predicted molar refractivity (Wildman–Crippen MR) is 421 cm³/mol. The third kappa shape index (κ3) is 9.41. The summed E-state index contributed by atoms with van der Waals surface area (Å²) in [6.45, 7) is 27.7. The predicted octanol–water partition coefficient (Wildman–Crippen LogP) is 19.8. The highest BCUT2D eigenvalue weighted by Crippen LogP contribution is 2.54. The average Bonchev–Trinajstić information content (AvgIpc) is 0.688. The summed E-state index contributed by atoms with van der Waals surface area (Å²) in [6, 6.07) is 88.3. The number of anilines is 15. The molecule has 6 aliphatic rings. The summed E-state index contributed by atoms with van der Waals surface area (Å²) in [6.07, 6.45) is 4.49. The molecule has 0 saturated heterocycles. The molecule has 0 radical (unpaired) electrons. The Labute approximate surface area is 590 Å². The number of aryl methyl sites for hydroxylation is 4. The van der Waals surface area contributed by atoms with Gasteiger partial charge in [-0.05, 0) is 220 Å². The van der Waals surface area contributed by atoms with Crippen LogP contribution >= 0.6 is 0 Å². The van der Waals surface area contributed by atoms with Gasteiger partial charge in [0.05, 0.1) is 22.7 Å². The van der Waals surface area contributed by atoms with Gasteiger partial charge in [0.25, 0.3) is 13.4 Å². The van der Waals surface area contributed by atoms with Gasteiger partial charge in [0, 0.05) is 63.5 Å². The van der Waals surface area contributed by atoms with E-state index in [0.717, 1.165) is 162 Å². The van der Waals surface area contributed by atoms with Gasteiger partial charge in [-0.3, -0.25) is 19.6 Å². The SMILES string of the molecule is Cc1ccccc1N(c1cc2c3c(n1)N(c1ccc4c(c1)C(C)(C)CCC4(C)C)c1ccccc1B3c1cc3c(cc1O2)N(c1ccccc1)c1nc(N(c2ccccc2C)c2ccccc2C)cc2c1B3c1ccccc1N2c1ccc2c(c1)C(C)(C)CCC2(C)C)c1ccccc1C. The van der Waals surface area contributed by atoms with E-state index < -0.39 is 0 Å². The second-order valence-corrected chi connectivity index (χ2v) is 31.6. The third-order valence-electron chi connectivity index (χ3n) is 23.5. The first kappa shape index (κ1) is 61.7. The molecule has 8 nitrogen and oxygen atoms in total. The smallest absolute Gasteiger partial charge is 0.258 e. The second kappa shape index (κ2) is 22.5. The fourth-order valence-corrected chi connectivity index (χ4v) is 17.9. The zero-order chi connectivity index (χ0) is 68.5. The molecule has 10 aromatic carbocycles. The van der Waals surface area contributed by atoms with Gasteiger partial charge >= 0.3 is 0 Å². The Morgan fingerprint density at radius 2 is 0.720 bits per heavy atom. The lowest BCUT2D eigenvalue weighted by molar-refractivity contribution is 0.332. The number of pyridine rings is 2. The molecule has 4 aliphatic heterocycles. The molecule has 2 aliphatic carbocycles. The van der Waals surface area contributed by atoms with Gasteiger partial charge in [-0.15, -0.1) is 0 Å². The molecule has 10 heteroatoms. The first-order chi connectivity index (χ1) is 48.2. The van der Waals surface area contributed by atoms with Gasteiger partial charge in [-0.1, -0.05) is 201 Å². The van der Waals surface area contributed by atoms with E-state index in [4.69, 9.17) is 14.7 Å². The van der Waals surface area contributed by atoms with Crippen LogP contribution < -0.4 is 62.0 Å². The van der Waals surface area contributed by atoms with Crippen molar-refractivity contribution in [3.63, 3.8) is 0 Å². The maximum Gasteiger partial charge on any atom is 0.258 e. The Morgan fingerprint density at radius 3 is 1.22 bits per heavy atom. The summed E-state index contributed by atoms with van der Waals surface area (Å²) < 4.78 is 7.91. The molecule has 12 aromatic rings. The number of aromatic nitrogens is 2. The lowest BCUT2D eigenvalue weighted by atomic mass is 9.31. The van der Waals surface area contributed by atoms with Crippen molar-refractivity contribution in [1.29, 1.82) is 0 Å². The molecule has 0 bridgehead atoms. The van der Waals surface area contributed by atoms with E-state index in [0.29, 0.717) is 0 Å². The van der Waals surface area contributed by atoms with E-state index in [-0.39, 0.29) is 35.1 Å². The third-order valence-corrected chi connectivity index (χ3v) is 23.5. The van der Waals surface area contributed by atoms with Crippen molar-refractivity contribution < 1.29 is 4.74 Å². The van der Waals surface area contributed by atoms with Gasteiger partial charge in [0.15, 0.2) is 0 Å². The molecule has 0 spiro atoms. The highest BCUT2D eigenvalue weighted by Gasteiger charge is 2.50. The van der Waals surface area contributed by atoms with Gasteiger partial charge in [-0.2, -0.15) is 0 Å². The number of ether oxygens (including phenoxy) is 1. The Morgan fingerprint density at radius 1 is 0.320 bits per heavy atom. The molecule has 6 heterocycles. The van der Waals surface area contributed by atoms with Crippen LogP contribution in [0.2, 0.25) is 0 Å². The van der Waals surface area contributed by atoms with Crippen LogP contribution in [0.5, 0.6) is 11.5 Å². The number of rotatable bonds is 9. The molecule has 0 unspecified atom stereocenters. The van der Waals surface area contributed by atoms with Gasteiger partial charge in [0.2, 0.25) is 0 Å². The van der Waals surface area contributed by atoms with Crippen LogP contribution in [0.3, 0.4) is 0 Å². The van der Waals surface area contributed by atoms with Gasteiger partial charge in [0.1, 0.15) is 34.8 Å². The highest BCUT2D eigenvalue weighted by atomic mass is 16.5. The number of hydrogen-bond donors (Lipinski definition) is 0. The monoisotopic (exact) mass is 1300 g/mol. The molecule has 100 heavy (non-hydrogen) atoms. The number of hydrogen-bond acceptors (Lipinski definition) is 8. The molecule has 490 valence electrons. The summed E-state index contributed by atoms with van der Waals surface area (Å²) in [5, 5.41) is 0. The van der Waals surface area contributed by atoms with Crippen molar-refractivity contribution in [2.24, 2.45) is 0 Å². The fourth-order valence-electron chi connectivity index (χ4n) is 17.9. The first-order valence-corrected chi connectivity index (χ1v) is 36.0. The Balaban J connectivity index is 0.924. The zero-order valence-electron chi connectivity index (χ0n) is 59.5. The van der Waals surface area contributed by atoms with E-state index in [1.165, 1.54) is 38.6 Å². The minimum absolute atomic E-state index is 0.0293. The lowest BCUT2D eigenvalue weighted by Gasteiger charge is -2.46. The van der Waals surface area contributed by atoms with Crippen LogP contribution in [-0.2, 0) is 21.7 Å². The second-order valence-electron chi connectivity index (χ2n) is 31.6. The van der Waals surface area contributed by atoms with Crippen molar-refractivity contribution in [2.75, 3.05) is 24.5 Å². The van der Waals surface area contributed by atoms with E-state index in [1.807, 2.05) is 0 Å². The van der Waals surface area contributed by atoms with Crippen molar-refractivity contribution in [1.82, 2.24) is 9.97 Å². The number of para-hydroxylation sites is 7. The highest BCUT2D eigenvalue weighted by molar-refractivity contribution is 7.02. The molecular weight excluding hydrogens is 1220 g/mol. The van der Waals surface area contributed by atoms with E-state index >= 15 is 0 Å². The van der Waals surface area contributed by atoms with E-state index in [2.05, 4.69) is 344 Å². The summed E-state index contributed by atoms with van der Waals surface area (Å²) in [5.41, 5.74) is 29.0. The zero-order valence-corrected chi connectivity index (χ0v) is 59.5. The van der Waals surface area contributed by atoms with Crippen molar-refractivity contribution in [2.45, 2.75) is 130 Å². The van der Waals surface area contributed by atoms with Crippen molar-refractivity contribution in [3.05, 3.63) is 281 Å². The Kier molecular flexibility index (Phi) is 13.9. The summed E-state index contributed by atoms with van der Waals surface area (Å²) >= 11 is 0. The Hall–Kier alpha value is -10.6. The van der Waals surface area contributed by atoms with Crippen molar-refractivity contribution in [3.8, 4) is 11.5 Å². The molecule has 0 N–H and O–H groups in total. The maximum absolute atomic E-state index is 7.91. The molecule has 0 atom stereocenters. The average molecular weight is 1300 g/mol. The molecular formula is C90H83B2N7O. The Bertz CT molecular complexity index is 5290. The summed E-state index contributed by atoms with van der Waals surface area (Å²) in [4.78, 5) is 24.5. The van der Waals surface area contributed by atoms with Crippen LogP contribution in [0.15, 0.2) is 237 Å². The standard InChI is InChI=1S/C90H83B2N7O/c1-56-28-16-22-36-71(56)98(72-37-23-17-29-57(72)2)81-54-78-83-85(93-81)96(60-32-14-13-15-33-60)77-53-79-70(52-69(77)91(83)67-34-20-26-40-75(67)95(78)61-42-44-63-65(50-61)89(9,10)48-46-87(63,5)6)92-68-35-21-27-41-76(68)97(62-43-45-64-66(51-62)90(11,12)49-47-88(64,7)8)86-84(92)80(100-79)55-82(94-86)99(73-38-24-18-30-58(73)3)74-39-25-19-31-59(74)4/h13-45,50-55H,46-49H2,1-12H3. The van der Waals surface area contributed by atoms with Crippen LogP contribution in [0.25, 0.3) is 0 Å². The first-order valence-electron chi connectivity index (χ1n) is 36.0. The summed E-state index contributed by atoms with van der Waals surface area (Å²) in [5.74, 6) is 4.89. The molecule has 2 aromatic heterocycles. The van der Waals surface area contributed by atoms with E-state index in [9.17, 15) is 0 Å². The minimum Gasteiger partial charge on any atom is -0.458 e. The van der Waals surface area contributed by atoms with Crippen LogP contribution in [-0.4, -0.2) is 23.4 Å². The van der Waals surface area contributed by atoms with Crippen molar-refractivity contribution >= 4 is 132 Å². The van der Waals surface area contributed by atoms with Crippen LogP contribution in [0, 0.1) is 27.7 Å². The number of benzene rings is 10. The molecule has 0 amide bonds. The van der Waals surface area contributed by atoms with Crippen LogP contribution in [0.4, 0.5) is 85.8 Å². The molecule has 0 saturated carbocycles. The number of nitrogens with zero attached hydrogens (tertiary/aromatic N) is 7. The number of fused-ring (bicyclic) bond motifs is 10. The van der Waals surface area contributed by atoms with Gasteiger partial charge < -0.3 is 9.64 Å². The van der Waals surface area contributed by atoms with Crippen LogP contribution in [0.1, 0.15) is 126 Å². The topological polar surface area (TPSA) is 51.2 Å². The molecule has 0 fully saturated rings. The van der Waals surface area contributed by atoms with E-state index in [1.54, 1.807) is 0 Å². The minimum atomic E-state index is -0.270. The maximum atomic E-state index is 7.91. The molecule has 18 rings (SSSR count). The largest absolute Gasteiger partial charge is 0.458 e.